The SMILES string of the molecule is Cc1ccc(N2C(=O)C[C@@H]([NH2+][C@@H]3CCCC[C@@H]3C)C2=O)cc1. The predicted molar refractivity (Wildman–Crippen MR) is 85.4 cm³/mol. The van der Waals surface area contributed by atoms with Crippen molar-refractivity contribution in [2.24, 2.45) is 5.92 Å². The Hall–Kier alpha value is -1.68. The normalized spacial score (nSPS) is 29.2. The molecule has 2 aliphatic rings. The van der Waals surface area contributed by atoms with Crippen molar-refractivity contribution >= 4 is 17.5 Å². The maximum Gasteiger partial charge on any atom is 0.292 e. The highest BCUT2D eigenvalue weighted by Crippen LogP contribution is 2.24. The fourth-order valence-electron chi connectivity index (χ4n) is 3.70. The molecule has 0 spiro atoms. The zero-order chi connectivity index (χ0) is 15.7. The number of benzene rings is 1. The number of hydrogen-bond acceptors (Lipinski definition) is 2. The molecule has 1 aromatic rings. The van der Waals surface area contributed by atoms with Gasteiger partial charge in [0.05, 0.1) is 18.2 Å². The van der Waals surface area contributed by atoms with Gasteiger partial charge in [-0.25, -0.2) is 4.90 Å². The molecule has 118 valence electrons. The number of imide groups is 1. The molecule has 1 saturated heterocycles. The summed E-state index contributed by atoms with van der Waals surface area (Å²) in [5.41, 5.74) is 1.83. The molecule has 3 atom stereocenters. The quantitative estimate of drug-likeness (QED) is 0.865. The molecule has 3 rings (SSSR count). The second kappa shape index (κ2) is 6.21. The van der Waals surface area contributed by atoms with Gasteiger partial charge in [-0.1, -0.05) is 31.0 Å². The summed E-state index contributed by atoms with van der Waals surface area (Å²) in [6.07, 6.45) is 5.25. The first-order valence-corrected chi connectivity index (χ1v) is 8.34. The van der Waals surface area contributed by atoms with E-state index in [1.807, 2.05) is 31.2 Å². The van der Waals surface area contributed by atoms with Gasteiger partial charge < -0.3 is 5.32 Å². The molecule has 2 fully saturated rings. The Morgan fingerprint density at radius 3 is 2.45 bits per heavy atom. The fourth-order valence-corrected chi connectivity index (χ4v) is 3.70. The van der Waals surface area contributed by atoms with Gasteiger partial charge >= 0.3 is 0 Å². The van der Waals surface area contributed by atoms with E-state index in [4.69, 9.17) is 0 Å². The van der Waals surface area contributed by atoms with Crippen LogP contribution in [0, 0.1) is 12.8 Å². The minimum atomic E-state index is -0.237. The highest BCUT2D eigenvalue weighted by molar-refractivity contribution is 6.21. The van der Waals surface area contributed by atoms with Crippen LogP contribution in [0.25, 0.3) is 0 Å². The van der Waals surface area contributed by atoms with Crippen LogP contribution in [0.1, 0.15) is 44.6 Å². The molecule has 1 aliphatic carbocycles. The summed E-state index contributed by atoms with van der Waals surface area (Å²) in [5.74, 6) is 0.510. The van der Waals surface area contributed by atoms with Crippen LogP contribution in [0.15, 0.2) is 24.3 Å². The summed E-state index contributed by atoms with van der Waals surface area (Å²) in [6.45, 7) is 4.26. The smallest absolute Gasteiger partial charge is 0.292 e. The van der Waals surface area contributed by atoms with Crippen LogP contribution in [0.2, 0.25) is 0 Å². The number of amides is 2. The Bertz CT molecular complexity index is 567. The minimum absolute atomic E-state index is 0.0494. The number of anilines is 1. The fraction of sp³-hybridized carbons (Fsp3) is 0.556. The lowest BCUT2D eigenvalue weighted by Gasteiger charge is -2.28. The molecule has 4 nitrogen and oxygen atoms in total. The van der Waals surface area contributed by atoms with Gasteiger partial charge in [0.25, 0.3) is 5.91 Å². The molecule has 1 saturated carbocycles. The summed E-state index contributed by atoms with van der Waals surface area (Å²) < 4.78 is 0. The van der Waals surface area contributed by atoms with Crippen molar-refractivity contribution in [1.29, 1.82) is 0 Å². The van der Waals surface area contributed by atoms with Crippen molar-refractivity contribution < 1.29 is 14.9 Å². The Kier molecular flexibility index (Phi) is 4.30. The molecule has 1 aliphatic heterocycles. The van der Waals surface area contributed by atoms with Crippen LogP contribution in [-0.4, -0.2) is 23.9 Å². The van der Waals surface area contributed by atoms with Crippen molar-refractivity contribution in [2.45, 2.75) is 58.0 Å². The molecular formula is C18H25N2O2+. The van der Waals surface area contributed by atoms with Crippen LogP contribution in [0.4, 0.5) is 5.69 Å². The lowest BCUT2D eigenvalue weighted by Crippen LogP contribution is -2.97. The van der Waals surface area contributed by atoms with E-state index in [2.05, 4.69) is 12.2 Å². The second-order valence-electron chi connectivity index (χ2n) is 6.83. The standard InChI is InChI=1S/C18H24N2O2/c1-12-7-9-14(10-8-12)20-17(21)11-16(18(20)22)19-15-6-4-3-5-13(15)2/h7-10,13,15-16,19H,3-6,11H2,1-2H3/p+1/t13-,15+,16+/m0/s1. The summed E-state index contributed by atoms with van der Waals surface area (Å²) in [5, 5.41) is 2.16. The van der Waals surface area contributed by atoms with Crippen LogP contribution < -0.4 is 10.2 Å². The molecule has 2 amide bonds. The van der Waals surface area contributed by atoms with Gasteiger partial charge in [-0.3, -0.25) is 9.59 Å². The van der Waals surface area contributed by atoms with Crippen LogP contribution >= 0.6 is 0 Å². The van der Waals surface area contributed by atoms with E-state index in [1.165, 1.54) is 24.2 Å². The second-order valence-corrected chi connectivity index (χ2v) is 6.83. The van der Waals surface area contributed by atoms with Gasteiger partial charge in [-0.2, -0.15) is 0 Å². The zero-order valence-corrected chi connectivity index (χ0v) is 13.4. The minimum Gasteiger partial charge on any atom is -0.333 e. The Balaban J connectivity index is 1.72. The number of aryl methyl sites for hydroxylation is 1. The van der Waals surface area contributed by atoms with Gasteiger partial charge in [0.1, 0.15) is 0 Å². The van der Waals surface area contributed by atoms with Gasteiger partial charge in [0, 0.05) is 5.92 Å². The van der Waals surface area contributed by atoms with Crippen molar-refractivity contribution in [2.75, 3.05) is 4.90 Å². The first-order chi connectivity index (χ1) is 10.6. The molecule has 0 unspecified atom stereocenters. The average molecular weight is 301 g/mol. The largest absolute Gasteiger partial charge is 0.333 e. The lowest BCUT2D eigenvalue weighted by atomic mass is 9.85. The van der Waals surface area contributed by atoms with Crippen molar-refractivity contribution in [3.63, 3.8) is 0 Å². The van der Waals surface area contributed by atoms with E-state index >= 15 is 0 Å². The number of carbonyl (C=O) groups excluding carboxylic acids is 2. The van der Waals surface area contributed by atoms with Crippen LogP contribution in [0.3, 0.4) is 0 Å². The summed E-state index contributed by atoms with van der Waals surface area (Å²) in [7, 11) is 0. The molecule has 1 aromatic carbocycles. The summed E-state index contributed by atoms with van der Waals surface area (Å²) >= 11 is 0. The number of carbonyl (C=O) groups is 2. The Morgan fingerprint density at radius 2 is 1.77 bits per heavy atom. The van der Waals surface area contributed by atoms with Crippen molar-refractivity contribution in [1.82, 2.24) is 0 Å². The highest BCUT2D eigenvalue weighted by atomic mass is 16.2. The first-order valence-electron chi connectivity index (χ1n) is 8.34. The predicted octanol–water partition coefficient (Wildman–Crippen LogP) is 1.77. The third-order valence-electron chi connectivity index (χ3n) is 5.13. The number of hydrogen-bond donors (Lipinski definition) is 1. The number of nitrogens with two attached hydrogens (primary N) is 1. The lowest BCUT2D eigenvalue weighted by molar-refractivity contribution is -0.715. The molecule has 0 bridgehead atoms. The molecule has 2 N–H and O–H groups in total. The van der Waals surface area contributed by atoms with E-state index in [-0.39, 0.29) is 17.9 Å². The third-order valence-corrected chi connectivity index (χ3v) is 5.13. The maximum atomic E-state index is 12.7. The number of quaternary nitrogens is 1. The molecule has 0 radical (unpaired) electrons. The Labute approximate surface area is 131 Å². The van der Waals surface area contributed by atoms with E-state index < -0.39 is 0 Å². The van der Waals surface area contributed by atoms with Gasteiger partial charge in [0.15, 0.2) is 6.04 Å². The van der Waals surface area contributed by atoms with Crippen molar-refractivity contribution in [3.8, 4) is 0 Å². The van der Waals surface area contributed by atoms with Crippen molar-refractivity contribution in [3.05, 3.63) is 29.8 Å². The average Bonchev–Trinajstić information content (AvgIpc) is 2.77. The molecule has 1 heterocycles. The van der Waals surface area contributed by atoms with E-state index in [9.17, 15) is 9.59 Å². The molecular weight excluding hydrogens is 276 g/mol. The maximum absolute atomic E-state index is 12.7. The van der Waals surface area contributed by atoms with Gasteiger partial charge in [-0.15, -0.1) is 0 Å². The highest BCUT2D eigenvalue weighted by Gasteiger charge is 2.44. The van der Waals surface area contributed by atoms with Gasteiger partial charge in [0.2, 0.25) is 5.91 Å². The molecule has 4 heteroatoms. The number of rotatable bonds is 3. The topological polar surface area (TPSA) is 54.0 Å². The van der Waals surface area contributed by atoms with E-state index in [1.54, 1.807) is 0 Å². The number of nitrogens with zero attached hydrogens (tertiary/aromatic N) is 1. The molecule has 22 heavy (non-hydrogen) atoms. The van der Waals surface area contributed by atoms with Gasteiger partial charge in [-0.05, 0) is 38.3 Å². The van der Waals surface area contributed by atoms with E-state index in [0.29, 0.717) is 24.1 Å². The van der Waals surface area contributed by atoms with Crippen LogP contribution in [0.5, 0.6) is 0 Å². The van der Waals surface area contributed by atoms with Crippen LogP contribution in [-0.2, 0) is 9.59 Å². The summed E-state index contributed by atoms with van der Waals surface area (Å²) in [4.78, 5) is 26.3. The summed E-state index contributed by atoms with van der Waals surface area (Å²) in [6, 6.07) is 7.84. The third kappa shape index (κ3) is 2.93. The molecule has 0 aromatic heterocycles. The monoisotopic (exact) mass is 301 g/mol. The Morgan fingerprint density at radius 1 is 1.09 bits per heavy atom. The zero-order valence-electron chi connectivity index (χ0n) is 13.4. The first kappa shape index (κ1) is 15.2. The van der Waals surface area contributed by atoms with E-state index in [0.717, 1.165) is 12.0 Å².